The molecule has 0 radical (unpaired) electrons. The number of nitrogens with two attached hydrogens (primary N) is 1. The maximum Gasteiger partial charge on any atom is 0.416 e. The van der Waals surface area contributed by atoms with Crippen molar-refractivity contribution in [1.82, 2.24) is 20.4 Å². The van der Waals surface area contributed by atoms with E-state index in [4.69, 9.17) is 5.73 Å². The molecule has 0 aliphatic rings. The first-order valence-electron chi connectivity index (χ1n) is 9.23. The SMILES string of the molecule is Cc1cc(-c2nnc(NCC(N)Cc3ccc(C(F)(F)F)cc3)s2)cc2cn[nH]c12. The third-order valence-corrected chi connectivity index (χ3v) is 5.64. The molecule has 1 atom stereocenters. The van der Waals surface area contributed by atoms with Crippen LogP contribution in [0, 0.1) is 6.92 Å². The molecule has 0 amide bonds. The van der Waals surface area contributed by atoms with Gasteiger partial charge in [-0.1, -0.05) is 23.5 Å². The van der Waals surface area contributed by atoms with Crippen LogP contribution in [0.25, 0.3) is 21.5 Å². The molecule has 30 heavy (non-hydrogen) atoms. The summed E-state index contributed by atoms with van der Waals surface area (Å²) >= 11 is 1.41. The van der Waals surface area contributed by atoms with Crippen molar-refractivity contribution in [2.75, 3.05) is 11.9 Å². The molecule has 4 N–H and O–H groups in total. The fourth-order valence-electron chi connectivity index (χ4n) is 3.19. The number of halogens is 3. The van der Waals surface area contributed by atoms with Crippen LogP contribution in [0.1, 0.15) is 16.7 Å². The van der Waals surface area contributed by atoms with Crippen LogP contribution in [0.3, 0.4) is 0 Å². The molecule has 0 bridgehead atoms. The van der Waals surface area contributed by atoms with Gasteiger partial charge < -0.3 is 11.1 Å². The molecule has 1 unspecified atom stereocenters. The van der Waals surface area contributed by atoms with Crippen LogP contribution in [0.2, 0.25) is 0 Å². The zero-order chi connectivity index (χ0) is 21.3. The molecule has 4 aromatic rings. The molecule has 10 heteroatoms. The number of rotatable bonds is 6. The van der Waals surface area contributed by atoms with E-state index in [0.29, 0.717) is 18.1 Å². The molecular weight excluding hydrogens is 413 g/mol. The van der Waals surface area contributed by atoms with Crippen LogP contribution < -0.4 is 11.1 Å². The predicted molar refractivity (Wildman–Crippen MR) is 111 cm³/mol. The maximum atomic E-state index is 12.6. The van der Waals surface area contributed by atoms with Gasteiger partial charge in [-0.05, 0) is 48.7 Å². The van der Waals surface area contributed by atoms with Crippen LogP contribution in [0.15, 0.2) is 42.6 Å². The molecular formula is C20H19F3N6S. The van der Waals surface area contributed by atoms with Crippen LogP contribution in [-0.2, 0) is 12.6 Å². The van der Waals surface area contributed by atoms with Gasteiger partial charge in [-0.15, -0.1) is 10.2 Å². The number of alkyl halides is 3. The van der Waals surface area contributed by atoms with Crippen molar-refractivity contribution in [3.63, 3.8) is 0 Å². The number of benzene rings is 2. The summed E-state index contributed by atoms with van der Waals surface area (Å²) in [6.07, 6.45) is -2.11. The van der Waals surface area contributed by atoms with Crippen molar-refractivity contribution in [2.24, 2.45) is 5.73 Å². The number of hydrogen-bond donors (Lipinski definition) is 3. The first-order valence-corrected chi connectivity index (χ1v) is 10.0. The number of H-pyrrole nitrogens is 1. The van der Waals surface area contributed by atoms with Crippen molar-refractivity contribution in [3.8, 4) is 10.6 Å². The van der Waals surface area contributed by atoms with Crippen LogP contribution in [-0.4, -0.2) is 33.0 Å². The van der Waals surface area contributed by atoms with Gasteiger partial charge in [0.25, 0.3) is 0 Å². The molecule has 2 heterocycles. The Kier molecular flexibility index (Phi) is 5.44. The van der Waals surface area contributed by atoms with Gasteiger partial charge in [-0.3, -0.25) is 5.10 Å². The summed E-state index contributed by atoms with van der Waals surface area (Å²) in [6.45, 7) is 2.43. The lowest BCUT2D eigenvalue weighted by Gasteiger charge is -2.13. The van der Waals surface area contributed by atoms with E-state index < -0.39 is 11.7 Å². The summed E-state index contributed by atoms with van der Waals surface area (Å²) in [4.78, 5) is 0. The highest BCUT2D eigenvalue weighted by Crippen LogP contribution is 2.31. The first kappa shape index (κ1) is 20.3. The van der Waals surface area contributed by atoms with Gasteiger partial charge in [-0.2, -0.15) is 18.3 Å². The molecule has 6 nitrogen and oxygen atoms in total. The van der Waals surface area contributed by atoms with Crippen LogP contribution in [0.5, 0.6) is 0 Å². The van der Waals surface area contributed by atoms with Crippen molar-refractivity contribution in [2.45, 2.75) is 25.6 Å². The maximum absolute atomic E-state index is 12.6. The highest BCUT2D eigenvalue weighted by molar-refractivity contribution is 7.18. The number of anilines is 1. The highest BCUT2D eigenvalue weighted by atomic mass is 32.1. The van der Waals surface area contributed by atoms with Gasteiger partial charge in [-0.25, -0.2) is 0 Å². The quantitative estimate of drug-likeness (QED) is 0.420. The van der Waals surface area contributed by atoms with Crippen molar-refractivity contribution in [1.29, 1.82) is 0 Å². The van der Waals surface area contributed by atoms with E-state index in [0.717, 1.165) is 44.7 Å². The number of hydrogen-bond acceptors (Lipinski definition) is 6. The number of aromatic nitrogens is 4. The second-order valence-corrected chi connectivity index (χ2v) is 8.06. The molecule has 0 saturated heterocycles. The van der Waals surface area contributed by atoms with E-state index in [9.17, 15) is 13.2 Å². The number of fused-ring (bicyclic) bond motifs is 1. The third-order valence-electron chi connectivity index (χ3n) is 4.71. The minimum atomic E-state index is -4.33. The Balaban J connectivity index is 1.37. The van der Waals surface area contributed by atoms with Crippen molar-refractivity contribution < 1.29 is 13.2 Å². The number of aryl methyl sites for hydroxylation is 1. The first-order chi connectivity index (χ1) is 14.3. The van der Waals surface area contributed by atoms with E-state index >= 15 is 0 Å². The molecule has 0 aliphatic heterocycles. The lowest BCUT2D eigenvalue weighted by molar-refractivity contribution is -0.137. The summed E-state index contributed by atoms with van der Waals surface area (Å²) in [6, 6.07) is 8.82. The average Bonchev–Trinajstić information content (AvgIpc) is 3.36. The highest BCUT2D eigenvalue weighted by Gasteiger charge is 2.29. The van der Waals surface area contributed by atoms with Gasteiger partial charge in [0.15, 0.2) is 0 Å². The number of nitrogens with one attached hydrogen (secondary N) is 2. The Morgan fingerprint density at radius 1 is 1.17 bits per heavy atom. The van der Waals surface area contributed by atoms with E-state index in [2.05, 4.69) is 25.7 Å². The number of aromatic amines is 1. The molecule has 0 aliphatic carbocycles. The molecule has 156 valence electrons. The molecule has 0 fully saturated rings. The van der Waals surface area contributed by atoms with Crippen molar-refractivity contribution in [3.05, 3.63) is 59.3 Å². The van der Waals surface area contributed by atoms with Gasteiger partial charge in [0, 0.05) is 23.5 Å². The summed E-state index contributed by atoms with van der Waals surface area (Å²) in [5, 5.41) is 21.0. The Morgan fingerprint density at radius 3 is 2.67 bits per heavy atom. The average molecular weight is 432 g/mol. The smallest absolute Gasteiger partial charge is 0.359 e. The Bertz CT molecular complexity index is 1150. The monoisotopic (exact) mass is 432 g/mol. The van der Waals surface area contributed by atoms with Crippen LogP contribution in [0.4, 0.5) is 18.3 Å². The third kappa shape index (κ3) is 4.44. The second kappa shape index (κ2) is 8.04. The number of nitrogens with zero attached hydrogens (tertiary/aromatic N) is 3. The molecule has 4 rings (SSSR count). The fraction of sp³-hybridized carbons (Fsp3) is 0.250. The molecule has 2 aromatic heterocycles. The summed E-state index contributed by atoms with van der Waals surface area (Å²) in [5.41, 5.74) is 9.24. The van der Waals surface area contributed by atoms with Gasteiger partial charge in [0.2, 0.25) is 5.13 Å². The topological polar surface area (TPSA) is 92.5 Å². The normalized spacial score (nSPS) is 13.0. The largest absolute Gasteiger partial charge is 0.416 e. The van der Waals surface area contributed by atoms with E-state index in [-0.39, 0.29) is 6.04 Å². The van der Waals surface area contributed by atoms with Crippen molar-refractivity contribution >= 4 is 27.4 Å². The van der Waals surface area contributed by atoms with E-state index in [1.807, 2.05) is 19.1 Å². The fourth-order valence-corrected chi connectivity index (χ4v) is 3.93. The molecule has 0 spiro atoms. The Hall–Kier alpha value is -2.98. The predicted octanol–water partition coefficient (Wildman–Crippen LogP) is 4.39. The van der Waals surface area contributed by atoms with E-state index in [1.165, 1.54) is 23.5 Å². The molecule has 2 aromatic carbocycles. The van der Waals surface area contributed by atoms with Gasteiger partial charge >= 0.3 is 6.18 Å². The summed E-state index contributed by atoms with van der Waals surface area (Å²) < 4.78 is 37.9. The lowest BCUT2D eigenvalue weighted by Crippen LogP contribution is -2.31. The zero-order valence-electron chi connectivity index (χ0n) is 16.0. The van der Waals surface area contributed by atoms with Gasteiger partial charge in [0.05, 0.1) is 17.3 Å². The van der Waals surface area contributed by atoms with Gasteiger partial charge in [0.1, 0.15) is 5.01 Å². The minimum absolute atomic E-state index is 0.279. The summed E-state index contributed by atoms with van der Waals surface area (Å²) in [7, 11) is 0. The minimum Gasteiger partial charge on any atom is -0.359 e. The summed E-state index contributed by atoms with van der Waals surface area (Å²) in [5.74, 6) is 0. The van der Waals surface area contributed by atoms with Crippen LogP contribution >= 0.6 is 11.3 Å². The zero-order valence-corrected chi connectivity index (χ0v) is 16.8. The lowest BCUT2D eigenvalue weighted by atomic mass is 10.0. The second-order valence-electron chi connectivity index (χ2n) is 7.08. The molecule has 0 saturated carbocycles. The Labute approximate surface area is 174 Å². The standard InChI is InChI=1S/C20H19F3N6S/c1-11-6-13(8-14-9-26-27-17(11)14)18-28-29-19(30-18)25-10-16(24)7-12-2-4-15(5-3-12)20(21,22)23/h2-6,8-9,16H,7,10,24H2,1H3,(H,25,29)(H,26,27). The van der Waals surface area contributed by atoms with E-state index in [1.54, 1.807) is 6.20 Å². The Morgan fingerprint density at radius 2 is 1.93 bits per heavy atom.